The summed E-state index contributed by atoms with van der Waals surface area (Å²) in [6, 6.07) is 18.6. The Kier molecular flexibility index (Phi) is 5.26. The summed E-state index contributed by atoms with van der Waals surface area (Å²) in [4.78, 5) is 27.3. The quantitative estimate of drug-likeness (QED) is 0.314. The normalized spacial score (nSPS) is 18.1. The minimum absolute atomic E-state index is 0.0304. The Morgan fingerprint density at radius 1 is 1.00 bits per heavy atom. The standard InChI is InChI=1S/C24H17BrFNO3/c1-14-13-16(9-12-19(14)25)22(28)20-21(15-7-10-17(26)11-8-15)27(24(30)23(20)29)18-5-3-2-4-6-18/h2-13,21,28H,1H3/b22-20-. The van der Waals surface area contributed by atoms with Crippen molar-refractivity contribution in [1.82, 2.24) is 0 Å². The zero-order chi connectivity index (χ0) is 21.4. The van der Waals surface area contributed by atoms with Crippen LogP contribution in [0, 0.1) is 12.7 Å². The lowest BCUT2D eigenvalue weighted by Gasteiger charge is -2.25. The maximum atomic E-state index is 13.5. The molecule has 0 aromatic heterocycles. The van der Waals surface area contributed by atoms with Gasteiger partial charge in [-0.25, -0.2) is 4.39 Å². The van der Waals surface area contributed by atoms with Gasteiger partial charge in [-0.15, -0.1) is 0 Å². The van der Waals surface area contributed by atoms with E-state index in [1.165, 1.54) is 29.2 Å². The van der Waals surface area contributed by atoms with Gasteiger partial charge in [-0.3, -0.25) is 14.5 Å². The minimum Gasteiger partial charge on any atom is -0.507 e. The summed E-state index contributed by atoms with van der Waals surface area (Å²) in [5, 5.41) is 11.1. The van der Waals surface area contributed by atoms with Crippen LogP contribution in [0.1, 0.15) is 22.7 Å². The third-order valence-electron chi connectivity index (χ3n) is 5.10. The molecule has 6 heteroatoms. The van der Waals surface area contributed by atoms with Gasteiger partial charge in [0.25, 0.3) is 11.7 Å². The van der Waals surface area contributed by atoms with E-state index >= 15 is 0 Å². The molecule has 0 bridgehead atoms. The number of nitrogens with zero attached hydrogens (tertiary/aromatic N) is 1. The first-order valence-corrected chi connectivity index (χ1v) is 10.1. The molecule has 1 fully saturated rings. The molecule has 1 heterocycles. The molecule has 1 amide bonds. The molecule has 1 atom stereocenters. The van der Waals surface area contributed by atoms with Crippen molar-refractivity contribution < 1.29 is 19.1 Å². The van der Waals surface area contributed by atoms with Crippen molar-refractivity contribution in [3.05, 3.63) is 105 Å². The number of hydrogen-bond acceptors (Lipinski definition) is 3. The van der Waals surface area contributed by atoms with Crippen LogP contribution < -0.4 is 4.90 Å². The van der Waals surface area contributed by atoms with Crippen LogP contribution in [0.2, 0.25) is 0 Å². The van der Waals surface area contributed by atoms with E-state index < -0.39 is 23.5 Å². The average Bonchev–Trinajstić information content (AvgIpc) is 3.01. The summed E-state index contributed by atoms with van der Waals surface area (Å²) in [5.74, 6) is -2.23. The molecule has 0 aliphatic carbocycles. The molecular formula is C24H17BrFNO3. The van der Waals surface area contributed by atoms with Gasteiger partial charge in [-0.2, -0.15) is 0 Å². The molecule has 1 aliphatic rings. The fourth-order valence-electron chi connectivity index (χ4n) is 3.60. The first kappa shape index (κ1) is 20.0. The number of Topliss-reactive ketones (excluding diaryl/α,β-unsaturated/α-hetero) is 1. The van der Waals surface area contributed by atoms with Gasteiger partial charge in [0.05, 0.1) is 11.6 Å². The van der Waals surface area contributed by atoms with Crippen LogP contribution in [0.5, 0.6) is 0 Å². The van der Waals surface area contributed by atoms with Crippen molar-refractivity contribution in [2.45, 2.75) is 13.0 Å². The fraction of sp³-hybridized carbons (Fsp3) is 0.0833. The first-order chi connectivity index (χ1) is 14.4. The van der Waals surface area contributed by atoms with Crippen LogP contribution in [0.25, 0.3) is 5.76 Å². The highest BCUT2D eigenvalue weighted by atomic mass is 79.9. The van der Waals surface area contributed by atoms with Crippen molar-refractivity contribution in [3.63, 3.8) is 0 Å². The number of ketones is 1. The van der Waals surface area contributed by atoms with Crippen LogP contribution in [0.4, 0.5) is 10.1 Å². The summed E-state index contributed by atoms with van der Waals surface area (Å²) < 4.78 is 14.4. The van der Waals surface area contributed by atoms with E-state index in [9.17, 15) is 19.1 Å². The van der Waals surface area contributed by atoms with Crippen molar-refractivity contribution in [1.29, 1.82) is 0 Å². The number of anilines is 1. The molecule has 150 valence electrons. The second-order valence-electron chi connectivity index (χ2n) is 7.02. The number of halogens is 2. The maximum absolute atomic E-state index is 13.5. The van der Waals surface area contributed by atoms with E-state index in [-0.39, 0.29) is 11.3 Å². The van der Waals surface area contributed by atoms with Gasteiger partial charge in [-0.05, 0) is 54.4 Å². The third-order valence-corrected chi connectivity index (χ3v) is 5.99. The zero-order valence-corrected chi connectivity index (χ0v) is 17.6. The molecular weight excluding hydrogens is 449 g/mol. The van der Waals surface area contributed by atoms with Gasteiger partial charge in [-0.1, -0.05) is 52.3 Å². The molecule has 1 unspecified atom stereocenters. The number of benzene rings is 3. The SMILES string of the molecule is Cc1cc(/C(O)=C2/C(=O)C(=O)N(c3ccccc3)C2c2ccc(F)cc2)ccc1Br. The largest absolute Gasteiger partial charge is 0.507 e. The van der Waals surface area contributed by atoms with E-state index in [1.54, 1.807) is 48.5 Å². The van der Waals surface area contributed by atoms with Crippen molar-refractivity contribution in [2.24, 2.45) is 0 Å². The number of rotatable bonds is 3. The molecule has 0 saturated carbocycles. The second-order valence-corrected chi connectivity index (χ2v) is 7.87. The lowest BCUT2D eigenvalue weighted by Crippen LogP contribution is -2.29. The molecule has 4 nitrogen and oxygen atoms in total. The summed E-state index contributed by atoms with van der Waals surface area (Å²) >= 11 is 3.42. The first-order valence-electron chi connectivity index (χ1n) is 9.26. The summed E-state index contributed by atoms with van der Waals surface area (Å²) in [7, 11) is 0. The van der Waals surface area contributed by atoms with Gasteiger partial charge in [0.2, 0.25) is 0 Å². The predicted molar refractivity (Wildman–Crippen MR) is 117 cm³/mol. The number of para-hydroxylation sites is 1. The van der Waals surface area contributed by atoms with E-state index in [1.807, 2.05) is 6.92 Å². The fourth-order valence-corrected chi connectivity index (χ4v) is 3.84. The number of hydrogen-bond donors (Lipinski definition) is 1. The Balaban J connectivity index is 1.95. The molecule has 0 radical (unpaired) electrons. The minimum atomic E-state index is -0.878. The monoisotopic (exact) mass is 465 g/mol. The zero-order valence-electron chi connectivity index (χ0n) is 16.0. The molecule has 0 spiro atoms. The van der Waals surface area contributed by atoms with Crippen LogP contribution >= 0.6 is 15.9 Å². The Morgan fingerprint density at radius 2 is 1.67 bits per heavy atom. The van der Waals surface area contributed by atoms with Gasteiger partial charge in [0.15, 0.2) is 0 Å². The van der Waals surface area contributed by atoms with Crippen LogP contribution in [-0.2, 0) is 9.59 Å². The van der Waals surface area contributed by atoms with Crippen LogP contribution in [0.15, 0.2) is 82.8 Å². The number of carbonyl (C=O) groups excluding carboxylic acids is 2. The summed E-state index contributed by atoms with van der Waals surface area (Å²) in [6.07, 6.45) is 0. The maximum Gasteiger partial charge on any atom is 0.300 e. The van der Waals surface area contributed by atoms with Crippen LogP contribution in [0.3, 0.4) is 0 Å². The van der Waals surface area contributed by atoms with Gasteiger partial charge in [0, 0.05) is 15.7 Å². The number of carbonyl (C=O) groups is 2. The van der Waals surface area contributed by atoms with Crippen LogP contribution in [-0.4, -0.2) is 16.8 Å². The Hall–Kier alpha value is -3.25. The Labute approximate surface area is 181 Å². The molecule has 30 heavy (non-hydrogen) atoms. The molecule has 4 rings (SSSR count). The number of amides is 1. The van der Waals surface area contributed by atoms with Crippen molar-refractivity contribution >= 4 is 39.1 Å². The summed E-state index contributed by atoms with van der Waals surface area (Å²) in [5.41, 5.74) is 2.30. The lowest BCUT2D eigenvalue weighted by molar-refractivity contribution is -0.132. The summed E-state index contributed by atoms with van der Waals surface area (Å²) in [6.45, 7) is 1.86. The topological polar surface area (TPSA) is 57.6 Å². The highest BCUT2D eigenvalue weighted by molar-refractivity contribution is 9.10. The van der Waals surface area contributed by atoms with E-state index in [0.29, 0.717) is 16.8 Å². The van der Waals surface area contributed by atoms with Gasteiger partial charge < -0.3 is 5.11 Å². The molecule has 3 aromatic carbocycles. The molecule has 1 N–H and O–H groups in total. The average molecular weight is 466 g/mol. The highest BCUT2D eigenvalue weighted by Crippen LogP contribution is 2.42. The number of aryl methyl sites for hydroxylation is 1. The van der Waals surface area contributed by atoms with Gasteiger partial charge >= 0.3 is 0 Å². The molecule has 3 aromatic rings. The molecule has 1 aliphatic heterocycles. The van der Waals surface area contributed by atoms with E-state index in [2.05, 4.69) is 15.9 Å². The third kappa shape index (κ3) is 3.44. The number of aliphatic hydroxyl groups excluding tert-OH is 1. The highest BCUT2D eigenvalue weighted by Gasteiger charge is 2.46. The van der Waals surface area contributed by atoms with Crippen molar-refractivity contribution in [2.75, 3.05) is 4.90 Å². The van der Waals surface area contributed by atoms with E-state index in [4.69, 9.17) is 0 Å². The Morgan fingerprint density at radius 3 is 2.30 bits per heavy atom. The van der Waals surface area contributed by atoms with E-state index in [0.717, 1.165) is 10.0 Å². The molecule has 1 saturated heterocycles. The second kappa shape index (κ2) is 7.88. The number of aliphatic hydroxyl groups is 1. The van der Waals surface area contributed by atoms with Gasteiger partial charge in [0.1, 0.15) is 11.6 Å². The predicted octanol–water partition coefficient (Wildman–Crippen LogP) is 5.52. The van der Waals surface area contributed by atoms with Crippen molar-refractivity contribution in [3.8, 4) is 0 Å². The Bertz CT molecular complexity index is 1170. The lowest BCUT2D eigenvalue weighted by atomic mass is 9.94. The smallest absolute Gasteiger partial charge is 0.300 e.